The topological polar surface area (TPSA) is 62.8 Å². The van der Waals surface area contributed by atoms with Crippen LogP contribution in [-0.4, -0.2) is 80.6 Å². The highest BCUT2D eigenvalue weighted by molar-refractivity contribution is 5.45. The lowest BCUT2D eigenvalue weighted by Crippen LogP contribution is -2.48. The lowest BCUT2D eigenvalue weighted by atomic mass is 10.1. The normalized spacial score (nSPS) is 19.6. The van der Waals surface area contributed by atoms with Gasteiger partial charge in [-0.3, -0.25) is 4.90 Å². The van der Waals surface area contributed by atoms with E-state index in [4.69, 9.17) is 19.4 Å². The van der Waals surface area contributed by atoms with E-state index in [0.29, 0.717) is 12.0 Å². The summed E-state index contributed by atoms with van der Waals surface area (Å²) in [6.45, 7) is 11.6. The van der Waals surface area contributed by atoms with Crippen LogP contribution in [0.2, 0.25) is 0 Å². The predicted octanol–water partition coefficient (Wildman–Crippen LogP) is 1.18. The summed E-state index contributed by atoms with van der Waals surface area (Å²) in [6, 6.07) is 2.44. The van der Waals surface area contributed by atoms with Crippen molar-refractivity contribution in [2.75, 3.05) is 69.9 Å². The SMILES string of the molecule is COCCN1CCN(c2nc(NC3COC3)cc(C(C)C)n2)CC1. The molecule has 3 rings (SSSR count). The molecule has 2 fully saturated rings. The molecule has 0 spiro atoms. The molecule has 1 N–H and O–H groups in total. The fraction of sp³-hybridized carbons (Fsp3) is 0.765. The Labute approximate surface area is 144 Å². The quantitative estimate of drug-likeness (QED) is 0.803. The maximum atomic E-state index is 5.24. The van der Waals surface area contributed by atoms with Crippen LogP contribution in [-0.2, 0) is 9.47 Å². The molecule has 2 aliphatic heterocycles. The Morgan fingerprint density at radius 2 is 2.00 bits per heavy atom. The summed E-state index contributed by atoms with van der Waals surface area (Å²) in [5, 5.41) is 3.46. The highest BCUT2D eigenvalue weighted by atomic mass is 16.5. The standard InChI is InChI=1S/C17H29N5O2/c1-13(2)15-10-16(18-14-11-24-12-14)20-17(19-15)22-6-4-21(5-7-22)8-9-23-3/h10,13-14H,4-9,11-12H2,1-3H3,(H,18,19,20). The number of ether oxygens (including phenoxy) is 2. The summed E-state index contributed by atoms with van der Waals surface area (Å²) in [4.78, 5) is 14.3. The van der Waals surface area contributed by atoms with Gasteiger partial charge in [0.2, 0.25) is 5.95 Å². The first kappa shape index (κ1) is 17.4. The van der Waals surface area contributed by atoms with Crippen LogP contribution < -0.4 is 10.2 Å². The lowest BCUT2D eigenvalue weighted by Gasteiger charge is -2.35. The first-order chi connectivity index (χ1) is 11.7. The molecule has 0 amide bonds. The maximum Gasteiger partial charge on any atom is 0.227 e. The van der Waals surface area contributed by atoms with Gasteiger partial charge in [-0.15, -0.1) is 0 Å². The first-order valence-corrected chi connectivity index (χ1v) is 8.85. The van der Waals surface area contributed by atoms with Crippen LogP contribution in [0.4, 0.5) is 11.8 Å². The van der Waals surface area contributed by atoms with Gasteiger partial charge in [0, 0.05) is 45.9 Å². The molecule has 0 saturated carbocycles. The van der Waals surface area contributed by atoms with E-state index in [2.05, 4.69) is 35.0 Å². The van der Waals surface area contributed by atoms with Crippen molar-refractivity contribution >= 4 is 11.8 Å². The molecule has 0 aromatic carbocycles. The van der Waals surface area contributed by atoms with E-state index in [0.717, 1.165) is 70.0 Å². The molecule has 2 aliphatic rings. The van der Waals surface area contributed by atoms with Gasteiger partial charge in [0.15, 0.2) is 0 Å². The second-order valence-electron chi connectivity index (χ2n) is 6.83. The highest BCUT2D eigenvalue weighted by Gasteiger charge is 2.22. The number of nitrogens with one attached hydrogen (secondary N) is 1. The van der Waals surface area contributed by atoms with Gasteiger partial charge in [-0.1, -0.05) is 13.8 Å². The monoisotopic (exact) mass is 335 g/mol. The number of aromatic nitrogens is 2. The minimum Gasteiger partial charge on any atom is -0.383 e. The third-order valence-electron chi connectivity index (χ3n) is 4.58. The molecule has 0 unspecified atom stereocenters. The number of methoxy groups -OCH3 is 1. The summed E-state index contributed by atoms with van der Waals surface area (Å²) < 4.78 is 10.4. The second kappa shape index (κ2) is 8.09. The lowest BCUT2D eigenvalue weighted by molar-refractivity contribution is 0.0209. The molecule has 24 heavy (non-hydrogen) atoms. The number of piperazine rings is 1. The van der Waals surface area contributed by atoms with Gasteiger partial charge in [-0.2, -0.15) is 4.98 Å². The van der Waals surface area contributed by atoms with E-state index in [9.17, 15) is 0 Å². The summed E-state index contributed by atoms with van der Waals surface area (Å²) >= 11 is 0. The minimum atomic E-state index is 0.374. The van der Waals surface area contributed by atoms with E-state index >= 15 is 0 Å². The fourth-order valence-corrected chi connectivity index (χ4v) is 2.88. The third-order valence-corrected chi connectivity index (χ3v) is 4.58. The van der Waals surface area contributed by atoms with E-state index in [-0.39, 0.29) is 0 Å². The van der Waals surface area contributed by atoms with Crippen molar-refractivity contribution < 1.29 is 9.47 Å². The van der Waals surface area contributed by atoms with Crippen LogP contribution >= 0.6 is 0 Å². The summed E-state index contributed by atoms with van der Waals surface area (Å²) in [7, 11) is 1.75. The summed E-state index contributed by atoms with van der Waals surface area (Å²) in [5.41, 5.74) is 1.09. The zero-order valence-corrected chi connectivity index (χ0v) is 15.0. The number of rotatable bonds is 7. The number of nitrogens with zero attached hydrogens (tertiary/aromatic N) is 4. The Morgan fingerprint density at radius 1 is 1.25 bits per heavy atom. The predicted molar refractivity (Wildman–Crippen MR) is 94.9 cm³/mol. The van der Waals surface area contributed by atoms with Crippen LogP contribution in [0.5, 0.6) is 0 Å². The Morgan fingerprint density at radius 3 is 2.58 bits per heavy atom. The number of anilines is 2. The van der Waals surface area contributed by atoms with Crippen molar-refractivity contribution in [3.63, 3.8) is 0 Å². The zero-order valence-electron chi connectivity index (χ0n) is 15.0. The van der Waals surface area contributed by atoms with Gasteiger partial charge in [0.05, 0.1) is 31.6 Å². The highest BCUT2D eigenvalue weighted by Crippen LogP contribution is 2.22. The van der Waals surface area contributed by atoms with Crippen molar-refractivity contribution in [3.8, 4) is 0 Å². The molecule has 3 heterocycles. The first-order valence-electron chi connectivity index (χ1n) is 8.85. The molecule has 134 valence electrons. The molecule has 1 aromatic heterocycles. The Hall–Kier alpha value is -1.44. The molecule has 7 heteroatoms. The average Bonchev–Trinajstić information content (AvgIpc) is 2.56. The molecule has 2 saturated heterocycles. The zero-order chi connectivity index (χ0) is 16.9. The van der Waals surface area contributed by atoms with Crippen molar-refractivity contribution in [3.05, 3.63) is 11.8 Å². The third kappa shape index (κ3) is 4.34. The van der Waals surface area contributed by atoms with E-state index in [1.807, 2.05) is 0 Å². The molecule has 0 radical (unpaired) electrons. The van der Waals surface area contributed by atoms with Crippen molar-refractivity contribution in [2.45, 2.75) is 25.8 Å². The van der Waals surface area contributed by atoms with Gasteiger partial charge in [-0.25, -0.2) is 4.98 Å². The minimum absolute atomic E-state index is 0.374. The van der Waals surface area contributed by atoms with Gasteiger partial charge in [-0.05, 0) is 5.92 Å². The van der Waals surface area contributed by atoms with Crippen LogP contribution in [0.3, 0.4) is 0 Å². The van der Waals surface area contributed by atoms with Crippen LogP contribution in [0.15, 0.2) is 6.07 Å². The van der Waals surface area contributed by atoms with Crippen LogP contribution in [0.25, 0.3) is 0 Å². The average molecular weight is 335 g/mol. The second-order valence-corrected chi connectivity index (χ2v) is 6.83. The summed E-state index contributed by atoms with van der Waals surface area (Å²) in [6.07, 6.45) is 0. The smallest absolute Gasteiger partial charge is 0.227 e. The van der Waals surface area contributed by atoms with Crippen LogP contribution in [0, 0.1) is 0 Å². The fourth-order valence-electron chi connectivity index (χ4n) is 2.88. The van der Waals surface area contributed by atoms with Gasteiger partial charge in [0.1, 0.15) is 5.82 Å². The molecule has 7 nitrogen and oxygen atoms in total. The molecule has 1 aromatic rings. The summed E-state index contributed by atoms with van der Waals surface area (Å²) in [5.74, 6) is 2.14. The Kier molecular flexibility index (Phi) is 5.86. The number of hydrogen-bond donors (Lipinski definition) is 1. The molecule has 0 bridgehead atoms. The van der Waals surface area contributed by atoms with E-state index in [1.165, 1.54) is 0 Å². The van der Waals surface area contributed by atoms with E-state index < -0.39 is 0 Å². The number of hydrogen-bond acceptors (Lipinski definition) is 7. The van der Waals surface area contributed by atoms with Gasteiger partial charge < -0.3 is 19.7 Å². The molecule has 0 aliphatic carbocycles. The molecular weight excluding hydrogens is 306 g/mol. The van der Waals surface area contributed by atoms with Gasteiger partial charge >= 0.3 is 0 Å². The molecule has 0 atom stereocenters. The van der Waals surface area contributed by atoms with Gasteiger partial charge in [0.25, 0.3) is 0 Å². The maximum absolute atomic E-state index is 5.24. The van der Waals surface area contributed by atoms with E-state index in [1.54, 1.807) is 7.11 Å². The Balaban J connectivity index is 1.67. The Bertz CT molecular complexity index is 528. The van der Waals surface area contributed by atoms with Crippen molar-refractivity contribution in [1.29, 1.82) is 0 Å². The largest absolute Gasteiger partial charge is 0.383 e. The molecular formula is C17H29N5O2. The van der Waals surface area contributed by atoms with Crippen LogP contribution in [0.1, 0.15) is 25.5 Å². The van der Waals surface area contributed by atoms with Crippen molar-refractivity contribution in [1.82, 2.24) is 14.9 Å². The van der Waals surface area contributed by atoms with Crippen molar-refractivity contribution in [2.24, 2.45) is 0 Å².